The molecule has 3 aliphatic rings. The normalized spacial score (nSPS) is 34.4. The van der Waals surface area contributed by atoms with Gasteiger partial charge < -0.3 is 42.6 Å². The second-order valence-electron chi connectivity index (χ2n) is 9.66. The first-order valence-corrected chi connectivity index (χ1v) is 14.2. The van der Waals surface area contributed by atoms with E-state index in [0.717, 1.165) is 20.0 Å². The lowest BCUT2D eigenvalue weighted by Crippen LogP contribution is -2.65. The van der Waals surface area contributed by atoms with Crippen molar-refractivity contribution in [3.8, 4) is 0 Å². The number of methoxy groups -OCH3 is 1. The van der Waals surface area contributed by atoms with Gasteiger partial charge in [0.15, 0.2) is 24.8 Å². The maximum absolute atomic E-state index is 12.9. The van der Waals surface area contributed by atoms with Crippen LogP contribution in [-0.2, 0) is 57.0 Å². The predicted molar refractivity (Wildman–Crippen MR) is 139 cm³/mol. The monoisotopic (exact) mass is 607 g/mol. The SMILES string of the molecule is CCCCOC1[C@H](OC(=O)CCl)C(C(=O)OC)O[C@@H](O[C@@H]2C3CO[C@H](O3)[C@@H](N=[N+]=[N-])C2OC(C)=O)[C@H]1OCCCC. The molecule has 0 aromatic rings. The molecule has 0 aliphatic carbocycles. The van der Waals surface area contributed by atoms with Gasteiger partial charge in [0, 0.05) is 25.0 Å². The summed E-state index contributed by atoms with van der Waals surface area (Å²) in [5.41, 5.74) is 9.15. The van der Waals surface area contributed by atoms with Crippen molar-refractivity contribution in [3.63, 3.8) is 0 Å². The molecule has 232 valence electrons. The third-order valence-corrected chi connectivity index (χ3v) is 6.96. The zero-order valence-corrected chi connectivity index (χ0v) is 24.3. The van der Waals surface area contributed by atoms with E-state index in [2.05, 4.69) is 10.0 Å². The third kappa shape index (κ3) is 8.42. The van der Waals surface area contributed by atoms with Crippen molar-refractivity contribution >= 4 is 29.5 Å². The van der Waals surface area contributed by atoms with Crippen molar-refractivity contribution in [2.75, 3.05) is 32.8 Å². The Balaban J connectivity index is 2.02. The van der Waals surface area contributed by atoms with Crippen LogP contribution in [-0.4, -0.2) is 112 Å². The maximum Gasteiger partial charge on any atom is 0.339 e. The number of fused-ring (bicyclic) bond motifs is 2. The minimum absolute atomic E-state index is 0.0471. The van der Waals surface area contributed by atoms with Gasteiger partial charge in [0.1, 0.15) is 42.4 Å². The number of rotatable bonds is 15. The van der Waals surface area contributed by atoms with E-state index in [1.54, 1.807) is 0 Å². The quantitative estimate of drug-likeness (QED) is 0.0503. The fourth-order valence-corrected chi connectivity index (χ4v) is 4.88. The molecular formula is C25H38ClN3O12. The molecule has 41 heavy (non-hydrogen) atoms. The van der Waals surface area contributed by atoms with Gasteiger partial charge in [-0.3, -0.25) is 9.59 Å². The van der Waals surface area contributed by atoms with Crippen LogP contribution in [0.1, 0.15) is 46.5 Å². The minimum atomic E-state index is -1.48. The number of esters is 3. The molecule has 0 aromatic heterocycles. The number of unbranched alkanes of at least 4 members (excludes halogenated alkanes) is 2. The number of alkyl halides is 1. The molecule has 2 bridgehead atoms. The first kappa shape index (κ1) is 33.3. The van der Waals surface area contributed by atoms with Crippen molar-refractivity contribution in [1.29, 1.82) is 0 Å². The second kappa shape index (κ2) is 16.4. The number of azide groups is 1. The molecular weight excluding hydrogens is 570 g/mol. The maximum atomic E-state index is 12.9. The Morgan fingerprint density at radius 2 is 1.66 bits per heavy atom. The highest BCUT2D eigenvalue weighted by Crippen LogP contribution is 2.37. The summed E-state index contributed by atoms with van der Waals surface area (Å²) in [6, 6.07) is -1.07. The van der Waals surface area contributed by atoms with Crippen molar-refractivity contribution in [3.05, 3.63) is 10.4 Å². The Kier molecular flexibility index (Phi) is 13.3. The van der Waals surface area contributed by atoms with Gasteiger partial charge in [-0.05, 0) is 18.4 Å². The topological polar surface area (TPSA) is 183 Å². The number of halogens is 1. The second-order valence-corrected chi connectivity index (χ2v) is 9.93. The number of carbonyl (C=O) groups excluding carboxylic acids is 3. The van der Waals surface area contributed by atoms with Crippen molar-refractivity contribution in [2.45, 2.75) is 108 Å². The summed E-state index contributed by atoms with van der Waals surface area (Å²) in [5.74, 6) is -2.77. The van der Waals surface area contributed by atoms with Crippen LogP contribution in [0.4, 0.5) is 0 Å². The van der Waals surface area contributed by atoms with Crippen LogP contribution in [0.5, 0.6) is 0 Å². The van der Waals surface area contributed by atoms with E-state index < -0.39 is 85.1 Å². The molecule has 0 amide bonds. The van der Waals surface area contributed by atoms with Crippen LogP contribution < -0.4 is 0 Å². The summed E-state index contributed by atoms with van der Waals surface area (Å²) in [4.78, 5) is 40.1. The van der Waals surface area contributed by atoms with E-state index in [1.807, 2.05) is 13.8 Å². The molecule has 0 radical (unpaired) electrons. The van der Waals surface area contributed by atoms with Crippen LogP contribution >= 0.6 is 11.6 Å². The van der Waals surface area contributed by atoms with Gasteiger partial charge in [0.05, 0.1) is 13.7 Å². The summed E-state index contributed by atoms with van der Waals surface area (Å²) < 4.78 is 52.3. The third-order valence-electron chi connectivity index (χ3n) is 6.74. The zero-order chi connectivity index (χ0) is 29.9. The Morgan fingerprint density at radius 1 is 0.976 bits per heavy atom. The Labute approximate surface area is 242 Å². The molecule has 0 aromatic carbocycles. The van der Waals surface area contributed by atoms with Crippen molar-refractivity contribution in [1.82, 2.24) is 0 Å². The van der Waals surface area contributed by atoms with Gasteiger partial charge >= 0.3 is 17.9 Å². The summed E-state index contributed by atoms with van der Waals surface area (Å²) in [6.45, 7) is 5.73. The van der Waals surface area contributed by atoms with E-state index in [-0.39, 0.29) is 19.8 Å². The smallest absolute Gasteiger partial charge is 0.339 e. The summed E-state index contributed by atoms with van der Waals surface area (Å²) >= 11 is 5.71. The Hall–Kier alpha value is -2.23. The molecule has 0 saturated carbocycles. The van der Waals surface area contributed by atoms with Crippen LogP contribution in [0, 0.1) is 0 Å². The zero-order valence-electron chi connectivity index (χ0n) is 23.5. The van der Waals surface area contributed by atoms with Gasteiger partial charge in [0.2, 0.25) is 0 Å². The van der Waals surface area contributed by atoms with E-state index in [9.17, 15) is 14.4 Å². The highest BCUT2D eigenvalue weighted by atomic mass is 35.5. The lowest BCUT2D eigenvalue weighted by atomic mass is 9.96. The fourth-order valence-electron chi connectivity index (χ4n) is 4.81. The first-order chi connectivity index (χ1) is 19.8. The number of ether oxygens (including phenoxy) is 9. The lowest BCUT2D eigenvalue weighted by Gasteiger charge is -2.47. The van der Waals surface area contributed by atoms with Crippen LogP contribution in [0.2, 0.25) is 0 Å². The molecule has 10 atom stereocenters. The van der Waals surface area contributed by atoms with Gasteiger partial charge in [-0.25, -0.2) is 4.79 Å². The molecule has 3 aliphatic heterocycles. The number of nitrogens with zero attached hydrogens (tertiary/aromatic N) is 3. The number of hydrogen-bond donors (Lipinski definition) is 0. The van der Waals surface area contributed by atoms with Gasteiger partial charge in [-0.15, -0.1) is 11.6 Å². The highest BCUT2D eigenvalue weighted by molar-refractivity contribution is 6.26. The van der Waals surface area contributed by atoms with E-state index >= 15 is 0 Å². The van der Waals surface area contributed by atoms with E-state index in [1.165, 1.54) is 6.92 Å². The van der Waals surface area contributed by atoms with Crippen molar-refractivity contribution in [2.24, 2.45) is 5.11 Å². The molecule has 4 unspecified atom stereocenters. The molecule has 0 spiro atoms. The fraction of sp³-hybridized carbons (Fsp3) is 0.880. The molecule has 3 heterocycles. The van der Waals surface area contributed by atoms with Gasteiger partial charge in [-0.2, -0.15) is 0 Å². The molecule has 3 saturated heterocycles. The van der Waals surface area contributed by atoms with Crippen LogP contribution in [0.15, 0.2) is 5.11 Å². The average Bonchev–Trinajstić information content (AvgIpc) is 3.40. The predicted octanol–water partition coefficient (Wildman–Crippen LogP) is 2.16. The van der Waals surface area contributed by atoms with Gasteiger partial charge in [0.25, 0.3) is 0 Å². The minimum Gasteiger partial charge on any atom is -0.467 e. The van der Waals surface area contributed by atoms with E-state index in [4.69, 9.17) is 59.8 Å². The summed E-state index contributed by atoms with van der Waals surface area (Å²) in [6.07, 6.45) is -7.04. The van der Waals surface area contributed by atoms with Crippen LogP contribution in [0.25, 0.3) is 10.4 Å². The Bertz CT molecular complexity index is 938. The largest absolute Gasteiger partial charge is 0.467 e. The molecule has 0 N–H and O–H groups in total. The Morgan fingerprint density at radius 3 is 2.24 bits per heavy atom. The lowest BCUT2D eigenvalue weighted by molar-refractivity contribution is -0.337. The molecule has 15 nitrogen and oxygen atoms in total. The first-order valence-electron chi connectivity index (χ1n) is 13.6. The van der Waals surface area contributed by atoms with Gasteiger partial charge in [-0.1, -0.05) is 31.8 Å². The van der Waals surface area contributed by atoms with Crippen molar-refractivity contribution < 1.29 is 57.0 Å². The van der Waals surface area contributed by atoms with Crippen LogP contribution in [0.3, 0.4) is 0 Å². The number of carbonyl (C=O) groups is 3. The average molecular weight is 608 g/mol. The van der Waals surface area contributed by atoms with E-state index in [0.29, 0.717) is 12.8 Å². The summed E-state index contributed by atoms with van der Waals surface area (Å²) in [5, 5.41) is 3.73. The summed E-state index contributed by atoms with van der Waals surface area (Å²) in [7, 11) is 1.16. The molecule has 3 fully saturated rings. The standard InChI is InChI=1S/C25H38ClN3O12/c1-5-7-9-34-19-20(39-15(31)11-26)21(23(32)33-4)41-25(22(19)35-10-8-6-2)40-17-14-12-36-24(38-14)16(28-29-27)18(17)37-13(3)30/h14,16-22,24-25H,5-12H2,1-4H3/t14?,16-,17+,18?,19?,20-,21?,22-,24+,25+/m0/s1. The molecule has 16 heteroatoms. The highest BCUT2D eigenvalue weighted by Gasteiger charge is 2.58. The number of hydrogen-bond acceptors (Lipinski definition) is 13. The molecule has 3 rings (SSSR count).